The van der Waals surface area contributed by atoms with Crippen LogP contribution in [0.3, 0.4) is 0 Å². The van der Waals surface area contributed by atoms with Gasteiger partial charge in [0.1, 0.15) is 5.82 Å². The first-order valence-corrected chi connectivity index (χ1v) is 15.1. The molecule has 208 valence electrons. The first-order chi connectivity index (χ1) is 19.1. The van der Waals surface area contributed by atoms with E-state index in [1.54, 1.807) is 6.20 Å². The van der Waals surface area contributed by atoms with E-state index < -0.39 is 5.41 Å². The topological polar surface area (TPSA) is 83.3 Å². The lowest BCUT2D eigenvalue weighted by Gasteiger charge is -2.49. The average Bonchev–Trinajstić information content (AvgIpc) is 2.97. The Morgan fingerprint density at radius 3 is 2.51 bits per heavy atom. The van der Waals surface area contributed by atoms with Gasteiger partial charge in [0.25, 0.3) is 0 Å². The van der Waals surface area contributed by atoms with Crippen molar-refractivity contribution >= 4 is 17.4 Å². The molecule has 7 nitrogen and oxygen atoms in total. The number of hydrogen-bond acceptors (Lipinski definition) is 7. The van der Waals surface area contributed by atoms with E-state index in [1.165, 1.54) is 51.6 Å². The molecule has 8 heteroatoms. The number of pyridine rings is 2. The van der Waals surface area contributed by atoms with Crippen LogP contribution < -0.4 is 5.32 Å². The largest absolute Gasteiger partial charge is 0.381 e. The third-order valence-corrected chi connectivity index (χ3v) is 10.0. The average molecular weight is 550 g/mol. The molecule has 4 fully saturated rings. The maximum Gasteiger partial charge on any atom is 0.126 e. The number of nitrogens with zero attached hydrogens (tertiary/aromatic N) is 4. The van der Waals surface area contributed by atoms with Crippen LogP contribution in [0.1, 0.15) is 57.1 Å². The van der Waals surface area contributed by atoms with Gasteiger partial charge in [-0.15, -0.1) is 0 Å². The second-order valence-electron chi connectivity index (χ2n) is 12.3. The summed E-state index contributed by atoms with van der Waals surface area (Å²) in [5, 5.41) is 13.8. The molecule has 4 aliphatic rings. The third kappa shape index (κ3) is 6.10. The van der Waals surface area contributed by atoms with Crippen LogP contribution in [0.4, 0.5) is 5.82 Å². The number of nitrogens with one attached hydrogen (secondary N) is 1. The van der Waals surface area contributed by atoms with E-state index in [0.717, 1.165) is 61.3 Å². The van der Waals surface area contributed by atoms with Gasteiger partial charge < -0.3 is 19.7 Å². The zero-order chi connectivity index (χ0) is 26.7. The number of aromatic nitrogens is 2. The number of anilines is 1. The van der Waals surface area contributed by atoms with Gasteiger partial charge in [-0.1, -0.05) is 17.7 Å². The second kappa shape index (κ2) is 11.7. The minimum Gasteiger partial charge on any atom is -0.381 e. The summed E-state index contributed by atoms with van der Waals surface area (Å²) in [6, 6.07) is 11.3. The number of ether oxygens (including phenoxy) is 2. The van der Waals surface area contributed by atoms with E-state index in [4.69, 9.17) is 31.0 Å². The molecule has 3 aliphatic heterocycles. The molecule has 2 aromatic rings. The zero-order valence-electron chi connectivity index (χ0n) is 22.8. The molecule has 1 N–H and O–H groups in total. The molecule has 0 amide bonds. The molecule has 1 saturated carbocycles. The first kappa shape index (κ1) is 27.0. The van der Waals surface area contributed by atoms with Crippen molar-refractivity contribution in [3.8, 4) is 17.3 Å². The van der Waals surface area contributed by atoms with Gasteiger partial charge >= 0.3 is 0 Å². The summed E-state index contributed by atoms with van der Waals surface area (Å²) in [6.45, 7) is 6.29. The number of hydrogen-bond donors (Lipinski definition) is 1. The summed E-state index contributed by atoms with van der Waals surface area (Å²) in [5.74, 6) is 1.43. The zero-order valence-corrected chi connectivity index (χ0v) is 23.6. The van der Waals surface area contributed by atoms with E-state index in [-0.39, 0.29) is 0 Å². The highest BCUT2D eigenvalue weighted by atomic mass is 35.5. The molecule has 1 spiro atoms. The highest BCUT2D eigenvalue weighted by Crippen LogP contribution is 2.41. The predicted octanol–water partition coefficient (Wildman–Crippen LogP) is 5.74. The van der Waals surface area contributed by atoms with Gasteiger partial charge in [0.2, 0.25) is 0 Å². The molecular weight excluding hydrogens is 510 g/mol. The number of piperidine rings is 1. The molecule has 0 bridgehead atoms. The molecule has 0 aromatic carbocycles. The van der Waals surface area contributed by atoms with Crippen LogP contribution >= 0.6 is 11.6 Å². The SMILES string of the molecule is N#CC1(CNc2cccc(-c3cc(CC4CCC(N5CCC6(CC5)COC6)CC4)ncc3Cl)n2)CCOCC1. The lowest BCUT2D eigenvalue weighted by molar-refractivity contribution is -0.143. The maximum absolute atomic E-state index is 9.77. The predicted molar refractivity (Wildman–Crippen MR) is 153 cm³/mol. The van der Waals surface area contributed by atoms with Gasteiger partial charge in [-0.3, -0.25) is 4.98 Å². The molecule has 0 radical (unpaired) electrons. The van der Waals surface area contributed by atoms with E-state index in [2.05, 4.69) is 22.4 Å². The lowest BCUT2D eigenvalue weighted by Crippen LogP contribution is -2.53. The normalized spacial score (nSPS) is 26.5. The Balaban J connectivity index is 1.05. The Hall–Kier alpha value is -2.24. The minimum atomic E-state index is -0.405. The van der Waals surface area contributed by atoms with Crippen molar-refractivity contribution in [3.05, 3.63) is 41.2 Å². The van der Waals surface area contributed by atoms with Gasteiger partial charge in [0, 0.05) is 48.7 Å². The fourth-order valence-electron chi connectivity index (χ4n) is 6.88. The van der Waals surface area contributed by atoms with Crippen molar-refractivity contribution in [2.24, 2.45) is 16.7 Å². The standard InChI is InChI=1S/C31H40ClN5O2/c32-27-18-34-24(16-23-4-6-25(7-5-23)37-12-8-31(9-13-37)21-39-22-31)17-26(27)28-2-1-3-29(36-28)35-20-30(19-33)10-14-38-15-11-30/h1-3,17-18,23,25H,4-16,20-22H2,(H,35,36). The summed E-state index contributed by atoms with van der Waals surface area (Å²) >= 11 is 6.62. The van der Waals surface area contributed by atoms with Crippen LogP contribution in [0.5, 0.6) is 0 Å². The van der Waals surface area contributed by atoms with Gasteiger partial charge in [0.15, 0.2) is 0 Å². The minimum absolute atomic E-state index is 0.405. The molecule has 5 heterocycles. The number of likely N-dealkylation sites (tertiary alicyclic amines) is 1. The van der Waals surface area contributed by atoms with Crippen LogP contribution in [0.15, 0.2) is 30.5 Å². The lowest BCUT2D eigenvalue weighted by atomic mass is 9.75. The first-order valence-electron chi connectivity index (χ1n) is 14.7. The molecular formula is C31H40ClN5O2. The third-order valence-electron chi connectivity index (χ3n) is 9.74. The van der Waals surface area contributed by atoms with Crippen molar-refractivity contribution in [1.29, 1.82) is 5.26 Å². The second-order valence-corrected chi connectivity index (χ2v) is 12.7. The van der Waals surface area contributed by atoms with Crippen molar-refractivity contribution in [3.63, 3.8) is 0 Å². The molecule has 3 saturated heterocycles. The van der Waals surface area contributed by atoms with Crippen molar-refractivity contribution in [2.75, 3.05) is 51.4 Å². The molecule has 2 aromatic heterocycles. The van der Waals surface area contributed by atoms with Crippen molar-refractivity contribution < 1.29 is 9.47 Å². The highest BCUT2D eigenvalue weighted by Gasteiger charge is 2.42. The monoisotopic (exact) mass is 549 g/mol. The molecule has 0 atom stereocenters. The smallest absolute Gasteiger partial charge is 0.126 e. The summed E-state index contributed by atoms with van der Waals surface area (Å²) in [6.07, 6.45) is 12.0. The maximum atomic E-state index is 9.77. The van der Waals surface area contributed by atoms with E-state index in [0.29, 0.717) is 36.1 Å². The van der Waals surface area contributed by atoms with Gasteiger partial charge in [-0.25, -0.2) is 4.98 Å². The number of nitriles is 1. The van der Waals surface area contributed by atoms with E-state index in [9.17, 15) is 5.26 Å². The Labute approximate surface area is 237 Å². The quantitative estimate of drug-likeness (QED) is 0.471. The Morgan fingerprint density at radius 2 is 1.82 bits per heavy atom. The van der Waals surface area contributed by atoms with E-state index >= 15 is 0 Å². The summed E-state index contributed by atoms with van der Waals surface area (Å²) in [4.78, 5) is 12.3. The van der Waals surface area contributed by atoms with E-state index in [1.807, 2.05) is 18.2 Å². The highest BCUT2D eigenvalue weighted by molar-refractivity contribution is 6.33. The van der Waals surface area contributed by atoms with Crippen molar-refractivity contribution in [2.45, 2.75) is 63.8 Å². The molecule has 1 aliphatic carbocycles. The number of rotatable bonds is 7. The van der Waals surface area contributed by atoms with Crippen LogP contribution in [0, 0.1) is 28.1 Å². The van der Waals surface area contributed by atoms with Crippen molar-refractivity contribution in [1.82, 2.24) is 14.9 Å². The summed E-state index contributed by atoms with van der Waals surface area (Å²) in [5.41, 5.74) is 2.95. The van der Waals surface area contributed by atoms with Crippen LogP contribution in [-0.2, 0) is 15.9 Å². The fraction of sp³-hybridized carbons (Fsp3) is 0.645. The molecule has 6 rings (SSSR count). The van der Waals surface area contributed by atoms with Crippen LogP contribution in [-0.4, -0.2) is 67.0 Å². The Morgan fingerprint density at radius 1 is 1.05 bits per heavy atom. The van der Waals surface area contributed by atoms with Gasteiger partial charge in [0.05, 0.1) is 35.4 Å². The number of halogens is 1. The Bertz CT molecular complexity index is 1170. The molecule has 39 heavy (non-hydrogen) atoms. The van der Waals surface area contributed by atoms with Crippen LogP contribution in [0.2, 0.25) is 5.02 Å². The summed E-state index contributed by atoms with van der Waals surface area (Å²) < 4.78 is 11.0. The Kier molecular flexibility index (Phi) is 8.09. The van der Waals surface area contributed by atoms with Gasteiger partial charge in [-0.05, 0) is 95.0 Å². The molecule has 0 unspecified atom stereocenters. The fourth-order valence-corrected chi connectivity index (χ4v) is 7.08. The summed E-state index contributed by atoms with van der Waals surface area (Å²) in [7, 11) is 0. The van der Waals surface area contributed by atoms with Crippen LogP contribution in [0.25, 0.3) is 11.3 Å². The van der Waals surface area contributed by atoms with Gasteiger partial charge in [-0.2, -0.15) is 5.26 Å².